The molecular formula is C5H6N2O. The quantitative estimate of drug-likeness (QED) is 0.517. The molecule has 1 heterocycles. The van der Waals surface area contributed by atoms with Gasteiger partial charge in [0.2, 0.25) is 0 Å². The van der Waals surface area contributed by atoms with Crippen molar-refractivity contribution < 1.29 is 4.11 Å². The zero-order chi connectivity index (χ0) is 8.48. The Morgan fingerprint density at radius 2 is 2.88 bits per heavy atom. The van der Waals surface area contributed by atoms with Crippen LogP contribution in [0.25, 0.3) is 0 Å². The number of nitrogens with one attached hydrogen (secondary N) is 1. The van der Waals surface area contributed by atoms with Gasteiger partial charge in [0.25, 0.3) is 5.56 Å². The van der Waals surface area contributed by atoms with E-state index < -0.39 is 12.4 Å². The van der Waals surface area contributed by atoms with Gasteiger partial charge in [0.15, 0.2) is 0 Å². The van der Waals surface area contributed by atoms with E-state index in [1.54, 1.807) is 0 Å². The number of rotatable bonds is 0. The summed E-state index contributed by atoms with van der Waals surface area (Å²) >= 11 is 0. The van der Waals surface area contributed by atoms with E-state index in [0.717, 1.165) is 6.07 Å². The summed E-state index contributed by atoms with van der Waals surface area (Å²) in [6.07, 6.45) is 1.17. The summed E-state index contributed by atoms with van der Waals surface area (Å²) in [5, 5.41) is 0. The normalized spacial score (nSPS) is 16.2. The van der Waals surface area contributed by atoms with Crippen LogP contribution < -0.4 is 5.56 Å². The molecule has 0 atom stereocenters. The van der Waals surface area contributed by atoms with Crippen molar-refractivity contribution >= 4 is 0 Å². The second kappa shape index (κ2) is 1.78. The van der Waals surface area contributed by atoms with E-state index in [2.05, 4.69) is 9.97 Å². The zero-order valence-electron chi connectivity index (χ0n) is 7.01. The third-order valence-corrected chi connectivity index (χ3v) is 0.671. The summed E-state index contributed by atoms with van der Waals surface area (Å²) in [7, 11) is 0. The van der Waals surface area contributed by atoms with Crippen LogP contribution in [-0.4, -0.2) is 9.97 Å². The Bertz CT molecular complexity index is 303. The number of H-pyrrole nitrogens is 1. The molecule has 0 spiro atoms. The first kappa shape index (κ1) is 2.44. The van der Waals surface area contributed by atoms with E-state index >= 15 is 0 Å². The van der Waals surface area contributed by atoms with Crippen molar-refractivity contribution in [2.45, 2.75) is 6.85 Å². The minimum absolute atomic E-state index is 0.273. The van der Waals surface area contributed by atoms with Crippen LogP contribution in [0.5, 0.6) is 0 Å². The maximum atomic E-state index is 10.6. The molecule has 3 heteroatoms. The summed E-state index contributed by atoms with van der Waals surface area (Å²) in [5.74, 6) is -0.273. The Hall–Kier alpha value is -1.12. The highest BCUT2D eigenvalue weighted by Gasteiger charge is 1.80. The van der Waals surface area contributed by atoms with Gasteiger partial charge >= 0.3 is 0 Å². The van der Waals surface area contributed by atoms with Crippen molar-refractivity contribution in [3.63, 3.8) is 0 Å². The molecule has 0 saturated heterocycles. The Kier molecular flexibility index (Phi) is 0.541. The van der Waals surface area contributed by atoms with Crippen LogP contribution in [0.1, 0.15) is 9.94 Å². The summed E-state index contributed by atoms with van der Waals surface area (Å²) in [4.78, 5) is 16.2. The number of aromatic nitrogens is 2. The van der Waals surface area contributed by atoms with Gasteiger partial charge in [0.05, 0.1) is 0 Å². The molecule has 1 aromatic rings. The molecule has 1 aromatic heterocycles. The molecule has 0 aliphatic heterocycles. The highest BCUT2D eigenvalue weighted by atomic mass is 16.1. The Morgan fingerprint density at radius 1 is 2.00 bits per heavy atom. The lowest BCUT2D eigenvalue weighted by Gasteiger charge is -1.84. The molecule has 42 valence electrons. The van der Waals surface area contributed by atoms with Gasteiger partial charge in [-0.15, -0.1) is 0 Å². The van der Waals surface area contributed by atoms with Crippen molar-refractivity contribution in [2.24, 2.45) is 0 Å². The molecule has 0 amide bonds. The van der Waals surface area contributed by atoms with Crippen molar-refractivity contribution in [1.29, 1.82) is 0 Å². The van der Waals surface area contributed by atoms with Crippen molar-refractivity contribution in [1.82, 2.24) is 9.97 Å². The predicted octanol–water partition coefficient (Wildman–Crippen LogP) is 0.0783. The average molecular weight is 113 g/mol. The lowest BCUT2D eigenvalue weighted by molar-refractivity contribution is 1.02. The third-order valence-electron chi connectivity index (χ3n) is 0.671. The number of aryl methyl sites for hydroxylation is 1. The molecule has 3 nitrogen and oxygen atoms in total. The first-order valence-corrected chi connectivity index (χ1v) is 2.06. The maximum absolute atomic E-state index is 10.6. The molecule has 1 N–H and O–H groups in total. The first-order valence-electron chi connectivity index (χ1n) is 3.56. The minimum Gasteiger partial charge on any atom is -0.311 e. The molecule has 0 fully saturated rings. The van der Waals surface area contributed by atoms with Crippen LogP contribution in [0.2, 0.25) is 0 Å². The van der Waals surface area contributed by atoms with Gasteiger partial charge in [0.1, 0.15) is 5.82 Å². The smallest absolute Gasteiger partial charge is 0.250 e. The second-order valence-electron chi connectivity index (χ2n) is 1.28. The summed E-state index contributed by atoms with van der Waals surface area (Å²) in [6.45, 7) is -2.33. The molecule has 0 aromatic carbocycles. The van der Waals surface area contributed by atoms with Crippen LogP contribution in [0.3, 0.4) is 0 Å². The fourth-order valence-electron chi connectivity index (χ4n) is 0.370. The van der Waals surface area contributed by atoms with Crippen molar-refractivity contribution in [2.75, 3.05) is 0 Å². The van der Waals surface area contributed by atoms with E-state index in [9.17, 15) is 4.79 Å². The molecule has 0 unspecified atom stereocenters. The van der Waals surface area contributed by atoms with E-state index in [0.29, 0.717) is 0 Å². The van der Waals surface area contributed by atoms with Crippen LogP contribution in [0.4, 0.5) is 0 Å². The first-order chi connectivity index (χ1) is 5.00. The fraction of sp³-hybridized carbons (Fsp3) is 0.200. The Morgan fingerprint density at radius 3 is 3.38 bits per heavy atom. The highest BCUT2D eigenvalue weighted by Crippen LogP contribution is 1.73. The molecule has 0 saturated carbocycles. The molecule has 0 radical (unpaired) electrons. The van der Waals surface area contributed by atoms with Crippen LogP contribution in [0, 0.1) is 6.85 Å². The molecule has 1 rings (SSSR count). The summed E-state index contributed by atoms with van der Waals surface area (Å²) in [5.41, 5.74) is -0.453. The van der Waals surface area contributed by atoms with Gasteiger partial charge in [-0.05, 0) is 6.85 Å². The minimum atomic E-state index is -2.33. The van der Waals surface area contributed by atoms with Crippen molar-refractivity contribution in [3.8, 4) is 0 Å². The van der Waals surface area contributed by atoms with Gasteiger partial charge < -0.3 is 4.98 Å². The lowest BCUT2D eigenvalue weighted by atomic mass is 10.6. The van der Waals surface area contributed by atoms with Crippen LogP contribution in [-0.2, 0) is 0 Å². The predicted molar refractivity (Wildman–Crippen MR) is 29.6 cm³/mol. The monoisotopic (exact) mass is 113 g/mol. The van der Waals surface area contributed by atoms with Gasteiger partial charge in [-0.25, -0.2) is 4.98 Å². The molecule has 8 heavy (non-hydrogen) atoms. The second-order valence-corrected chi connectivity index (χ2v) is 1.28. The Labute approximate surface area is 50.6 Å². The zero-order valence-corrected chi connectivity index (χ0v) is 4.01. The molecular weight excluding hydrogens is 104 g/mol. The number of hydrogen-bond donors (Lipinski definition) is 1. The lowest BCUT2D eigenvalue weighted by Crippen LogP contribution is -2.05. The molecule has 0 aliphatic rings. The van der Waals surface area contributed by atoms with Crippen LogP contribution >= 0.6 is 0 Å². The van der Waals surface area contributed by atoms with E-state index in [1.807, 2.05) is 0 Å². The number of aromatic amines is 1. The van der Waals surface area contributed by atoms with Crippen molar-refractivity contribution in [3.05, 3.63) is 28.4 Å². The molecule has 0 aliphatic carbocycles. The molecule has 0 bridgehead atoms. The average Bonchev–Trinajstić information content (AvgIpc) is 1.86. The summed E-state index contributed by atoms with van der Waals surface area (Å²) in [6, 6.07) is 1.16. The summed E-state index contributed by atoms with van der Waals surface area (Å²) < 4.78 is 20.6. The maximum Gasteiger partial charge on any atom is 0.250 e. The number of hydrogen-bond acceptors (Lipinski definition) is 2. The largest absolute Gasteiger partial charge is 0.311 e. The van der Waals surface area contributed by atoms with Gasteiger partial charge in [0, 0.05) is 16.4 Å². The van der Waals surface area contributed by atoms with Gasteiger partial charge in [-0.3, -0.25) is 4.79 Å². The Balaban J connectivity index is 3.16. The number of nitrogens with zero attached hydrogens (tertiary/aromatic N) is 1. The van der Waals surface area contributed by atoms with Crippen LogP contribution in [0.15, 0.2) is 17.1 Å². The van der Waals surface area contributed by atoms with Gasteiger partial charge in [-0.1, -0.05) is 0 Å². The van der Waals surface area contributed by atoms with Gasteiger partial charge in [-0.2, -0.15) is 0 Å². The SMILES string of the molecule is [2H]C([2H])([2H])c1nccc(=O)[nH]1. The highest BCUT2D eigenvalue weighted by molar-refractivity contribution is 4.85. The fourth-order valence-corrected chi connectivity index (χ4v) is 0.370. The van der Waals surface area contributed by atoms with E-state index in [1.165, 1.54) is 6.20 Å². The van der Waals surface area contributed by atoms with E-state index in [4.69, 9.17) is 4.11 Å². The topological polar surface area (TPSA) is 45.8 Å². The third kappa shape index (κ3) is 0.932. The van der Waals surface area contributed by atoms with E-state index in [-0.39, 0.29) is 5.82 Å². The standard InChI is InChI=1S/C5H6N2O/c1-4-6-3-2-5(8)7-4/h2-3H,1H3,(H,6,7,8)/i1D3.